The summed E-state index contributed by atoms with van der Waals surface area (Å²) < 4.78 is 0. The molecule has 0 saturated heterocycles. The number of rotatable bonds is 5. The van der Waals surface area contributed by atoms with Crippen LogP contribution in [0.15, 0.2) is 24.3 Å². The van der Waals surface area contributed by atoms with E-state index in [9.17, 15) is 19.5 Å². The summed E-state index contributed by atoms with van der Waals surface area (Å²) in [6, 6.07) is 6.88. The van der Waals surface area contributed by atoms with Crippen molar-refractivity contribution in [2.24, 2.45) is 17.8 Å². The van der Waals surface area contributed by atoms with Gasteiger partial charge in [0.15, 0.2) is 0 Å². The summed E-state index contributed by atoms with van der Waals surface area (Å²) >= 11 is 0. The van der Waals surface area contributed by atoms with Crippen LogP contribution in [0.5, 0.6) is 0 Å². The number of carbonyl (C=O) groups is 3. The molecule has 1 aliphatic carbocycles. The van der Waals surface area contributed by atoms with Crippen molar-refractivity contribution in [2.75, 3.05) is 10.6 Å². The Bertz CT molecular complexity index is 627. The molecular weight excluding hydrogens is 308 g/mol. The van der Waals surface area contributed by atoms with E-state index < -0.39 is 17.8 Å². The molecule has 1 aliphatic rings. The average Bonchev–Trinajstić information content (AvgIpc) is 2.55. The number of carboxylic acid groups (broad SMARTS) is 1. The van der Waals surface area contributed by atoms with Crippen molar-refractivity contribution < 1.29 is 19.5 Å². The molecule has 6 nitrogen and oxygen atoms in total. The third kappa shape index (κ3) is 4.57. The second kappa shape index (κ2) is 7.95. The minimum absolute atomic E-state index is 0.100. The number of nitrogens with one attached hydrogen (secondary N) is 2. The number of aliphatic carboxylic acids is 1. The van der Waals surface area contributed by atoms with Gasteiger partial charge in [0.2, 0.25) is 11.8 Å². The third-order valence-corrected chi connectivity index (χ3v) is 4.34. The summed E-state index contributed by atoms with van der Waals surface area (Å²) in [6.45, 7) is 3.60. The van der Waals surface area contributed by atoms with Crippen LogP contribution >= 0.6 is 0 Å². The minimum atomic E-state index is -0.909. The van der Waals surface area contributed by atoms with Crippen molar-refractivity contribution in [2.45, 2.75) is 39.5 Å². The van der Waals surface area contributed by atoms with Gasteiger partial charge in [-0.3, -0.25) is 14.4 Å². The van der Waals surface area contributed by atoms with E-state index in [1.165, 1.54) is 0 Å². The molecule has 130 valence electrons. The van der Waals surface area contributed by atoms with E-state index in [0.29, 0.717) is 24.2 Å². The van der Waals surface area contributed by atoms with Crippen LogP contribution in [0.2, 0.25) is 0 Å². The molecule has 0 aliphatic heterocycles. The first-order valence-corrected chi connectivity index (χ1v) is 8.33. The van der Waals surface area contributed by atoms with Gasteiger partial charge in [-0.2, -0.15) is 0 Å². The Labute approximate surface area is 141 Å². The largest absolute Gasteiger partial charge is 0.481 e. The fourth-order valence-electron chi connectivity index (χ4n) is 2.94. The lowest BCUT2D eigenvalue weighted by atomic mass is 9.78. The molecule has 1 fully saturated rings. The Balaban J connectivity index is 2.05. The molecule has 0 spiro atoms. The van der Waals surface area contributed by atoms with E-state index in [2.05, 4.69) is 10.6 Å². The number of hydrogen-bond acceptors (Lipinski definition) is 3. The number of anilines is 2. The lowest BCUT2D eigenvalue weighted by Crippen LogP contribution is -2.36. The Kier molecular flexibility index (Phi) is 5.95. The van der Waals surface area contributed by atoms with Crippen LogP contribution in [-0.4, -0.2) is 22.9 Å². The molecule has 2 atom stereocenters. The molecule has 0 radical (unpaired) electrons. The quantitative estimate of drug-likeness (QED) is 0.772. The Hall–Kier alpha value is -2.37. The zero-order valence-electron chi connectivity index (χ0n) is 14.0. The predicted molar refractivity (Wildman–Crippen MR) is 91.6 cm³/mol. The van der Waals surface area contributed by atoms with Crippen molar-refractivity contribution in [1.82, 2.24) is 0 Å². The van der Waals surface area contributed by atoms with Gasteiger partial charge < -0.3 is 15.7 Å². The Morgan fingerprint density at radius 2 is 1.62 bits per heavy atom. The molecule has 0 bridgehead atoms. The molecule has 1 aromatic rings. The zero-order chi connectivity index (χ0) is 17.7. The standard InChI is InChI=1S/C18H24N2O4/c1-11(2)16(21)19-12-6-5-7-13(10-12)20-17(22)14-8-3-4-9-15(14)18(23)24/h5-7,10-11,14-15H,3-4,8-9H2,1-2H3,(H,19,21)(H,20,22)(H,23,24). The fraction of sp³-hybridized carbons (Fsp3) is 0.500. The van der Waals surface area contributed by atoms with Gasteiger partial charge in [0.05, 0.1) is 11.8 Å². The molecule has 0 heterocycles. The van der Waals surface area contributed by atoms with Gasteiger partial charge >= 0.3 is 5.97 Å². The van der Waals surface area contributed by atoms with Gasteiger partial charge in [0.25, 0.3) is 0 Å². The molecule has 0 aromatic heterocycles. The molecule has 2 amide bonds. The summed E-state index contributed by atoms with van der Waals surface area (Å²) in [5.74, 6) is -2.55. The summed E-state index contributed by atoms with van der Waals surface area (Å²) in [5, 5.41) is 14.9. The van der Waals surface area contributed by atoms with Crippen LogP contribution in [0.4, 0.5) is 11.4 Å². The molecule has 1 aromatic carbocycles. The van der Waals surface area contributed by atoms with Gasteiger partial charge in [-0.1, -0.05) is 32.8 Å². The highest BCUT2D eigenvalue weighted by Crippen LogP contribution is 2.31. The van der Waals surface area contributed by atoms with E-state index in [1.54, 1.807) is 38.1 Å². The van der Waals surface area contributed by atoms with Crippen LogP contribution in [0.25, 0.3) is 0 Å². The van der Waals surface area contributed by atoms with Crippen LogP contribution in [0.3, 0.4) is 0 Å². The second-order valence-electron chi connectivity index (χ2n) is 6.55. The van der Waals surface area contributed by atoms with Gasteiger partial charge in [-0.25, -0.2) is 0 Å². The summed E-state index contributed by atoms with van der Waals surface area (Å²) in [5.41, 5.74) is 1.15. The fourth-order valence-corrected chi connectivity index (χ4v) is 2.94. The molecular formula is C18H24N2O4. The van der Waals surface area contributed by atoms with Crippen molar-refractivity contribution in [3.05, 3.63) is 24.3 Å². The highest BCUT2D eigenvalue weighted by Gasteiger charge is 2.35. The molecule has 1 saturated carbocycles. The van der Waals surface area contributed by atoms with Crippen molar-refractivity contribution in [3.8, 4) is 0 Å². The van der Waals surface area contributed by atoms with Crippen LogP contribution in [-0.2, 0) is 14.4 Å². The monoisotopic (exact) mass is 332 g/mol. The Morgan fingerprint density at radius 3 is 2.21 bits per heavy atom. The van der Waals surface area contributed by atoms with Crippen molar-refractivity contribution >= 4 is 29.2 Å². The van der Waals surface area contributed by atoms with E-state index >= 15 is 0 Å². The smallest absolute Gasteiger partial charge is 0.307 e. The van der Waals surface area contributed by atoms with Crippen molar-refractivity contribution in [3.63, 3.8) is 0 Å². The number of amides is 2. The Morgan fingerprint density at radius 1 is 1.04 bits per heavy atom. The number of carbonyl (C=O) groups excluding carboxylic acids is 2. The van der Waals surface area contributed by atoms with E-state index in [0.717, 1.165) is 12.8 Å². The van der Waals surface area contributed by atoms with Crippen molar-refractivity contribution in [1.29, 1.82) is 0 Å². The maximum Gasteiger partial charge on any atom is 0.307 e. The average molecular weight is 332 g/mol. The first-order chi connectivity index (χ1) is 11.4. The lowest BCUT2D eigenvalue weighted by molar-refractivity contribution is -0.147. The molecule has 2 rings (SSSR count). The number of hydrogen-bond donors (Lipinski definition) is 3. The summed E-state index contributed by atoms with van der Waals surface area (Å²) in [4.78, 5) is 35.5. The topological polar surface area (TPSA) is 95.5 Å². The predicted octanol–water partition coefficient (Wildman–Crippen LogP) is 3.11. The van der Waals surface area contributed by atoms with E-state index in [1.807, 2.05) is 0 Å². The SMILES string of the molecule is CC(C)C(=O)Nc1cccc(NC(=O)C2CCCCC2C(=O)O)c1. The normalized spacial score (nSPS) is 20.5. The maximum absolute atomic E-state index is 12.5. The van der Waals surface area contributed by atoms with Gasteiger partial charge in [-0.15, -0.1) is 0 Å². The zero-order valence-corrected chi connectivity index (χ0v) is 14.0. The first-order valence-electron chi connectivity index (χ1n) is 8.33. The first kappa shape index (κ1) is 18.0. The highest BCUT2D eigenvalue weighted by atomic mass is 16.4. The maximum atomic E-state index is 12.5. The van der Waals surface area contributed by atoms with Gasteiger partial charge in [-0.05, 0) is 31.0 Å². The second-order valence-corrected chi connectivity index (χ2v) is 6.55. The van der Waals surface area contributed by atoms with Crippen LogP contribution in [0, 0.1) is 17.8 Å². The third-order valence-electron chi connectivity index (χ3n) is 4.34. The van der Waals surface area contributed by atoms with E-state index in [4.69, 9.17) is 0 Å². The summed E-state index contributed by atoms with van der Waals surface area (Å²) in [6.07, 6.45) is 2.84. The highest BCUT2D eigenvalue weighted by molar-refractivity contribution is 5.97. The van der Waals surface area contributed by atoms with E-state index in [-0.39, 0.29) is 17.7 Å². The summed E-state index contributed by atoms with van der Waals surface area (Å²) in [7, 11) is 0. The van der Waals surface area contributed by atoms with Gasteiger partial charge in [0.1, 0.15) is 0 Å². The number of carboxylic acids is 1. The number of benzene rings is 1. The molecule has 2 unspecified atom stereocenters. The molecule has 6 heteroatoms. The molecule has 3 N–H and O–H groups in total. The van der Waals surface area contributed by atoms with Crippen LogP contribution < -0.4 is 10.6 Å². The molecule has 24 heavy (non-hydrogen) atoms. The lowest BCUT2D eigenvalue weighted by Gasteiger charge is -2.27. The minimum Gasteiger partial charge on any atom is -0.481 e. The van der Waals surface area contributed by atoms with Crippen LogP contribution in [0.1, 0.15) is 39.5 Å². The van der Waals surface area contributed by atoms with Gasteiger partial charge in [0, 0.05) is 17.3 Å².